The van der Waals surface area contributed by atoms with E-state index in [1.165, 1.54) is 45.4 Å². The molecule has 0 aliphatic heterocycles. The molecule has 0 unspecified atom stereocenters. The molecule has 0 bridgehead atoms. The third-order valence-electron chi connectivity index (χ3n) is 9.47. The number of esters is 1. The largest absolute Gasteiger partial charge is 0.463 e. The van der Waals surface area contributed by atoms with Crippen LogP contribution in [0.2, 0.25) is 0 Å². The molecule has 4 saturated carbocycles. The number of ether oxygens (including phenoxy) is 1. The lowest BCUT2D eigenvalue weighted by molar-refractivity contribution is -0.156. The molecule has 4 aliphatic carbocycles. The maximum Gasteiger partial charge on any atom is 0.302 e. The number of hydrogen-bond acceptors (Lipinski definition) is 3. The Morgan fingerprint density at radius 3 is 2.50 bits per heavy atom. The molecule has 26 heavy (non-hydrogen) atoms. The molecule has 146 valence electrons. The van der Waals surface area contributed by atoms with E-state index in [-0.39, 0.29) is 12.1 Å². The van der Waals surface area contributed by atoms with Crippen LogP contribution in [-0.4, -0.2) is 17.9 Å². The van der Waals surface area contributed by atoms with E-state index in [2.05, 4.69) is 20.8 Å². The lowest BCUT2D eigenvalue weighted by atomic mass is 9.44. The number of carbonyl (C=O) groups is 2. The first-order valence-corrected chi connectivity index (χ1v) is 10.9. The summed E-state index contributed by atoms with van der Waals surface area (Å²) in [5, 5.41) is 0. The zero-order valence-electron chi connectivity index (χ0n) is 17.1. The molecule has 0 spiro atoms. The summed E-state index contributed by atoms with van der Waals surface area (Å²) in [4.78, 5) is 23.5. The minimum absolute atomic E-state index is 0.0401. The SMILES string of the molecule is CC(=O)O[C@@H](C)[C@H]1CC[C@H]2[C@@H]3CC[C@H]4CC(=O)CC[C@]4(C)[C@H]3CC[C@]12C. The Labute approximate surface area is 158 Å². The molecule has 8 atom stereocenters. The second-order valence-electron chi connectivity index (χ2n) is 10.4. The molecule has 0 aromatic heterocycles. The van der Waals surface area contributed by atoms with Crippen molar-refractivity contribution in [1.29, 1.82) is 0 Å². The monoisotopic (exact) mass is 360 g/mol. The van der Waals surface area contributed by atoms with E-state index in [1.807, 2.05) is 0 Å². The fourth-order valence-electron chi connectivity index (χ4n) is 8.20. The summed E-state index contributed by atoms with van der Waals surface area (Å²) >= 11 is 0. The normalized spacial score (nSPS) is 48.9. The second kappa shape index (κ2) is 6.34. The predicted molar refractivity (Wildman–Crippen MR) is 101 cm³/mol. The van der Waals surface area contributed by atoms with Crippen LogP contribution in [0.15, 0.2) is 0 Å². The van der Waals surface area contributed by atoms with Gasteiger partial charge < -0.3 is 4.74 Å². The summed E-state index contributed by atoms with van der Waals surface area (Å²) in [6.07, 6.45) is 10.5. The number of ketones is 1. The predicted octanol–water partition coefficient (Wildman–Crippen LogP) is 5.17. The third kappa shape index (κ3) is 2.67. The Morgan fingerprint density at radius 2 is 1.77 bits per heavy atom. The summed E-state index contributed by atoms with van der Waals surface area (Å²) in [6.45, 7) is 8.65. The molecular formula is C23H36O3. The number of carbonyl (C=O) groups excluding carboxylic acids is 2. The lowest BCUT2D eigenvalue weighted by Crippen LogP contribution is -2.54. The van der Waals surface area contributed by atoms with Crippen LogP contribution in [0.3, 0.4) is 0 Å². The van der Waals surface area contributed by atoms with Gasteiger partial charge in [-0.25, -0.2) is 0 Å². The molecule has 4 aliphatic rings. The number of Topliss-reactive ketones (excluding diaryl/α,β-unsaturated/α-hetero) is 1. The highest BCUT2D eigenvalue weighted by Gasteiger charge is 2.61. The van der Waals surface area contributed by atoms with Gasteiger partial charge in [0.15, 0.2) is 0 Å². The van der Waals surface area contributed by atoms with Crippen molar-refractivity contribution in [3.8, 4) is 0 Å². The van der Waals surface area contributed by atoms with E-state index in [4.69, 9.17) is 4.74 Å². The standard InChI is InChI=1S/C23H36O3/c1-14(26-15(2)24)19-7-8-20-18-6-5-16-13-17(25)9-11-22(16,3)21(18)10-12-23(19,20)4/h14,16,18-21H,5-13H2,1-4H3/t14-,16-,18-,19+,20-,21-,22-,23+/m0/s1. The van der Waals surface area contributed by atoms with Gasteiger partial charge >= 0.3 is 5.97 Å². The van der Waals surface area contributed by atoms with E-state index in [0.717, 1.165) is 37.0 Å². The zero-order valence-corrected chi connectivity index (χ0v) is 17.1. The number of hydrogen-bond donors (Lipinski definition) is 0. The lowest BCUT2D eigenvalue weighted by Gasteiger charge is -2.60. The quantitative estimate of drug-likeness (QED) is 0.638. The molecule has 3 nitrogen and oxygen atoms in total. The Kier molecular flexibility index (Phi) is 4.51. The van der Waals surface area contributed by atoms with Gasteiger partial charge in [0.05, 0.1) is 0 Å². The smallest absolute Gasteiger partial charge is 0.302 e. The summed E-state index contributed by atoms with van der Waals surface area (Å²) in [5.74, 6) is 3.90. The van der Waals surface area contributed by atoms with E-state index in [9.17, 15) is 9.59 Å². The van der Waals surface area contributed by atoms with E-state index < -0.39 is 0 Å². The highest BCUT2D eigenvalue weighted by atomic mass is 16.5. The maximum atomic E-state index is 12.0. The molecule has 0 aromatic carbocycles. The van der Waals surface area contributed by atoms with Gasteiger partial charge in [0, 0.05) is 25.7 Å². The zero-order chi connectivity index (χ0) is 18.7. The van der Waals surface area contributed by atoms with Crippen molar-refractivity contribution in [2.45, 2.75) is 91.6 Å². The van der Waals surface area contributed by atoms with Gasteiger partial charge in [-0.05, 0) is 86.4 Å². The molecule has 0 N–H and O–H groups in total. The van der Waals surface area contributed by atoms with Crippen LogP contribution in [0, 0.1) is 40.4 Å². The van der Waals surface area contributed by atoms with Gasteiger partial charge in [-0.1, -0.05) is 13.8 Å². The van der Waals surface area contributed by atoms with Crippen molar-refractivity contribution in [2.24, 2.45) is 40.4 Å². The fourth-order valence-corrected chi connectivity index (χ4v) is 8.20. The third-order valence-corrected chi connectivity index (χ3v) is 9.47. The van der Waals surface area contributed by atoms with Crippen molar-refractivity contribution < 1.29 is 14.3 Å². The van der Waals surface area contributed by atoms with Gasteiger partial charge in [0.25, 0.3) is 0 Å². The molecule has 4 rings (SSSR count). The highest BCUT2D eigenvalue weighted by Crippen LogP contribution is 2.67. The maximum absolute atomic E-state index is 12.0. The van der Waals surface area contributed by atoms with E-state index in [0.29, 0.717) is 28.4 Å². The second-order valence-corrected chi connectivity index (χ2v) is 10.4. The van der Waals surface area contributed by atoms with E-state index in [1.54, 1.807) is 0 Å². The first-order chi connectivity index (χ1) is 12.3. The minimum atomic E-state index is -0.141. The summed E-state index contributed by atoms with van der Waals surface area (Å²) in [5.41, 5.74) is 0.710. The van der Waals surface area contributed by atoms with Crippen LogP contribution < -0.4 is 0 Å². The van der Waals surface area contributed by atoms with Crippen LogP contribution in [0.1, 0.15) is 85.5 Å². The van der Waals surface area contributed by atoms with Crippen LogP contribution in [0.4, 0.5) is 0 Å². The van der Waals surface area contributed by atoms with Crippen LogP contribution in [-0.2, 0) is 14.3 Å². The first-order valence-electron chi connectivity index (χ1n) is 10.9. The number of fused-ring (bicyclic) bond motifs is 5. The molecule has 4 fully saturated rings. The van der Waals surface area contributed by atoms with E-state index >= 15 is 0 Å². The molecule has 0 amide bonds. The Hall–Kier alpha value is -0.860. The number of rotatable bonds is 2. The van der Waals surface area contributed by atoms with Crippen LogP contribution in [0.25, 0.3) is 0 Å². The molecule has 0 heterocycles. The average molecular weight is 361 g/mol. The summed E-state index contributed by atoms with van der Waals surface area (Å²) in [6, 6.07) is 0. The van der Waals surface area contributed by atoms with Gasteiger partial charge in [-0.3, -0.25) is 9.59 Å². The fraction of sp³-hybridized carbons (Fsp3) is 0.913. The Morgan fingerprint density at radius 1 is 1.04 bits per heavy atom. The van der Waals surface area contributed by atoms with Crippen molar-refractivity contribution >= 4 is 11.8 Å². The molecular weight excluding hydrogens is 324 g/mol. The average Bonchev–Trinajstić information content (AvgIpc) is 2.92. The summed E-state index contributed by atoms with van der Waals surface area (Å²) < 4.78 is 5.63. The Bertz CT molecular complexity index is 598. The van der Waals surface area contributed by atoms with Gasteiger partial charge in [-0.15, -0.1) is 0 Å². The van der Waals surface area contributed by atoms with Crippen LogP contribution in [0.5, 0.6) is 0 Å². The van der Waals surface area contributed by atoms with Crippen molar-refractivity contribution in [1.82, 2.24) is 0 Å². The van der Waals surface area contributed by atoms with Crippen molar-refractivity contribution in [2.75, 3.05) is 0 Å². The first kappa shape index (κ1) is 18.5. The highest BCUT2D eigenvalue weighted by molar-refractivity contribution is 5.79. The van der Waals surface area contributed by atoms with Crippen molar-refractivity contribution in [3.05, 3.63) is 0 Å². The Balaban J connectivity index is 1.56. The van der Waals surface area contributed by atoms with Gasteiger partial charge in [-0.2, -0.15) is 0 Å². The molecule has 0 saturated heterocycles. The molecule has 0 aromatic rings. The van der Waals surface area contributed by atoms with Gasteiger partial charge in [0.1, 0.15) is 11.9 Å². The molecule has 3 heteroatoms. The molecule has 0 radical (unpaired) electrons. The van der Waals surface area contributed by atoms with Crippen molar-refractivity contribution in [3.63, 3.8) is 0 Å². The summed E-state index contributed by atoms with van der Waals surface area (Å²) in [7, 11) is 0. The van der Waals surface area contributed by atoms with Gasteiger partial charge in [0.2, 0.25) is 0 Å². The minimum Gasteiger partial charge on any atom is -0.463 e. The van der Waals surface area contributed by atoms with Crippen LogP contribution >= 0.6 is 0 Å². The topological polar surface area (TPSA) is 43.4 Å².